The molecule has 1 heterocycles. The fourth-order valence-electron chi connectivity index (χ4n) is 2.37. The maximum Gasteiger partial charge on any atom is 0.269 e. The van der Waals surface area contributed by atoms with Gasteiger partial charge in [-0.15, -0.1) is 0 Å². The molecule has 0 aliphatic heterocycles. The van der Waals surface area contributed by atoms with Gasteiger partial charge in [0.15, 0.2) is 4.91 Å². The molecule has 0 spiro atoms. The van der Waals surface area contributed by atoms with E-state index in [1.54, 1.807) is 12.1 Å². The average Bonchev–Trinajstić information content (AvgIpc) is 3.15. The number of allylic oxidation sites excluding steroid dienone is 1. The first kappa shape index (κ1) is 19.0. The molecule has 3 rings (SSSR count). The third-order valence-corrected chi connectivity index (χ3v) is 5.47. The minimum absolute atomic E-state index is 0.0763. The molecule has 0 unspecified atom stereocenters. The van der Waals surface area contributed by atoms with Crippen LogP contribution in [-0.4, -0.2) is 13.3 Å². The summed E-state index contributed by atoms with van der Waals surface area (Å²) in [5, 5.41) is 20.0. The highest BCUT2D eigenvalue weighted by Crippen LogP contribution is 2.27. The number of non-ortho nitro benzene ring substituents is 1. The van der Waals surface area contributed by atoms with Crippen molar-refractivity contribution in [3.8, 4) is 17.4 Å². The molecule has 0 bridgehead atoms. The van der Waals surface area contributed by atoms with E-state index in [1.807, 2.05) is 0 Å². The van der Waals surface area contributed by atoms with E-state index in [2.05, 4.69) is 0 Å². The van der Waals surface area contributed by atoms with Crippen molar-refractivity contribution in [2.75, 3.05) is 0 Å². The van der Waals surface area contributed by atoms with Crippen molar-refractivity contribution < 1.29 is 22.1 Å². The Morgan fingerprint density at radius 3 is 2.29 bits per heavy atom. The molecule has 0 fully saturated rings. The summed E-state index contributed by atoms with van der Waals surface area (Å²) >= 11 is 0. The van der Waals surface area contributed by atoms with Gasteiger partial charge in [0.2, 0.25) is 9.84 Å². The number of benzene rings is 2. The zero-order valence-corrected chi connectivity index (χ0v) is 14.9. The first-order valence-electron chi connectivity index (χ1n) is 7.78. The summed E-state index contributed by atoms with van der Waals surface area (Å²) in [6.07, 6.45) is 1.06. The summed E-state index contributed by atoms with van der Waals surface area (Å²) in [4.78, 5) is 9.39. The lowest BCUT2D eigenvalue weighted by molar-refractivity contribution is -0.384. The normalized spacial score (nSPS) is 11.8. The third kappa shape index (κ3) is 3.82. The number of hydrogen-bond acceptors (Lipinski definition) is 6. The first-order valence-corrected chi connectivity index (χ1v) is 9.27. The van der Waals surface area contributed by atoms with Gasteiger partial charge >= 0.3 is 0 Å². The molecule has 0 saturated carbocycles. The number of nitro benzene ring substituents is 1. The molecule has 0 N–H and O–H groups in total. The van der Waals surface area contributed by atoms with E-state index < -0.39 is 25.5 Å². The molecule has 1 aromatic heterocycles. The van der Waals surface area contributed by atoms with E-state index in [4.69, 9.17) is 4.42 Å². The van der Waals surface area contributed by atoms with Gasteiger partial charge < -0.3 is 4.42 Å². The number of nitro groups is 1. The molecule has 9 heteroatoms. The summed E-state index contributed by atoms with van der Waals surface area (Å²) in [5.41, 5.74) is 0.470. The zero-order valence-electron chi connectivity index (χ0n) is 14.1. The summed E-state index contributed by atoms with van der Waals surface area (Å²) in [5.74, 6) is -0.145. The van der Waals surface area contributed by atoms with Gasteiger partial charge in [0, 0.05) is 23.8 Å². The Kier molecular flexibility index (Phi) is 5.06. The topological polar surface area (TPSA) is 114 Å². The second-order valence-electron chi connectivity index (χ2n) is 5.58. The Bertz CT molecular complexity index is 1200. The maximum absolute atomic E-state index is 13.0. The van der Waals surface area contributed by atoms with E-state index in [0.29, 0.717) is 11.3 Å². The summed E-state index contributed by atoms with van der Waals surface area (Å²) < 4.78 is 43.6. The standard InChI is InChI=1S/C19H11FN2O5S/c20-14-3-8-17(9-4-14)28(25,26)18(12-21)11-16-7-10-19(27-16)13-1-5-15(6-2-13)22(23)24/h1-11H/b18-11+. The van der Waals surface area contributed by atoms with Crippen LogP contribution >= 0.6 is 0 Å². The second kappa shape index (κ2) is 7.46. The van der Waals surface area contributed by atoms with Gasteiger partial charge in [-0.3, -0.25) is 10.1 Å². The molecular weight excluding hydrogens is 387 g/mol. The summed E-state index contributed by atoms with van der Waals surface area (Å²) in [6, 6.07) is 14.4. The summed E-state index contributed by atoms with van der Waals surface area (Å²) in [7, 11) is -4.14. The van der Waals surface area contributed by atoms with Crippen LogP contribution in [-0.2, 0) is 9.84 Å². The molecular formula is C19H11FN2O5S. The van der Waals surface area contributed by atoms with Crippen molar-refractivity contribution in [3.05, 3.63) is 87.3 Å². The number of hydrogen-bond donors (Lipinski definition) is 0. The second-order valence-corrected chi connectivity index (χ2v) is 7.50. The highest BCUT2D eigenvalue weighted by atomic mass is 32.2. The molecule has 0 amide bonds. The van der Waals surface area contributed by atoms with Gasteiger partial charge in [-0.2, -0.15) is 5.26 Å². The predicted octanol–water partition coefficient (Wildman–Crippen LogP) is 4.33. The lowest BCUT2D eigenvalue weighted by atomic mass is 10.1. The minimum atomic E-state index is -4.14. The number of rotatable bonds is 5. The van der Waals surface area contributed by atoms with E-state index in [0.717, 1.165) is 30.3 Å². The van der Waals surface area contributed by atoms with Crippen molar-refractivity contribution in [1.29, 1.82) is 5.26 Å². The van der Waals surface area contributed by atoms with Crippen molar-refractivity contribution in [2.45, 2.75) is 4.90 Å². The van der Waals surface area contributed by atoms with Crippen molar-refractivity contribution >= 4 is 21.6 Å². The van der Waals surface area contributed by atoms with Gasteiger partial charge in [-0.25, -0.2) is 12.8 Å². The van der Waals surface area contributed by atoms with Crippen molar-refractivity contribution in [2.24, 2.45) is 0 Å². The number of nitriles is 1. The maximum atomic E-state index is 13.0. The van der Waals surface area contributed by atoms with E-state index in [9.17, 15) is 28.2 Å². The van der Waals surface area contributed by atoms with Crippen LogP contribution in [0.3, 0.4) is 0 Å². The molecule has 3 aromatic rings. The van der Waals surface area contributed by atoms with Crippen LogP contribution in [0.2, 0.25) is 0 Å². The quantitative estimate of drug-likeness (QED) is 0.273. The van der Waals surface area contributed by atoms with Crippen molar-refractivity contribution in [3.63, 3.8) is 0 Å². The van der Waals surface area contributed by atoms with Gasteiger partial charge in [-0.05, 0) is 48.5 Å². The number of sulfone groups is 1. The highest BCUT2D eigenvalue weighted by Gasteiger charge is 2.21. The van der Waals surface area contributed by atoms with Crippen LogP contribution in [0.1, 0.15) is 5.76 Å². The Labute approximate surface area is 159 Å². The molecule has 0 radical (unpaired) electrons. The molecule has 28 heavy (non-hydrogen) atoms. The fraction of sp³-hybridized carbons (Fsp3) is 0. The van der Waals surface area contributed by atoms with Crippen LogP contribution in [0, 0.1) is 27.3 Å². The van der Waals surface area contributed by atoms with Crippen molar-refractivity contribution in [1.82, 2.24) is 0 Å². The molecule has 140 valence electrons. The van der Waals surface area contributed by atoms with E-state index in [-0.39, 0.29) is 16.3 Å². The largest absolute Gasteiger partial charge is 0.457 e. The molecule has 0 atom stereocenters. The van der Waals surface area contributed by atoms with Gasteiger partial charge in [0.1, 0.15) is 23.4 Å². The van der Waals surface area contributed by atoms with Crippen LogP contribution in [0.5, 0.6) is 0 Å². The smallest absolute Gasteiger partial charge is 0.269 e. The molecule has 0 aliphatic rings. The number of furan rings is 1. The molecule has 2 aromatic carbocycles. The van der Waals surface area contributed by atoms with Gasteiger partial charge in [-0.1, -0.05) is 0 Å². The highest BCUT2D eigenvalue weighted by molar-refractivity contribution is 7.95. The Morgan fingerprint density at radius 1 is 1.07 bits per heavy atom. The Morgan fingerprint density at radius 2 is 1.71 bits per heavy atom. The van der Waals surface area contributed by atoms with Crippen LogP contribution < -0.4 is 0 Å². The third-order valence-electron chi connectivity index (χ3n) is 3.79. The molecule has 0 saturated heterocycles. The van der Waals surface area contributed by atoms with Gasteiger partial charge in [0.05, 0.1) is 9.82 Å². The average molecular weight is 398 g/mol. The predicted molar refractivity (Wildman–Crippen MR) is 98.0 cm³/mol. The van der Waals surface area contributed by atoms with E-state index in [1.165, 1.54) is 30.3 Å². The fourth-order valence-corrected chi connectivity index (χ4v) is 3.51. The van der Waals surface area contributed by atoms with Crippen LogP contribution in [0.4, 0.5) is 10.1 Å². The van der Waals surface area contributed by atoms with Crippen LogP contribution in [0.25, 0.3) is 17.4 Å². The lowest BCUT2D eigenvalue weighted by Gasteiger charge is -2.02. The minimum Gasteiger partial charge on any atom is -0.457 e. The van der Waals surface area contributed by atoms with E-state index >= 15 is 0 Å². The SMILES string of the molecule is N#C/C(=C\c1ccc(-c2ccc([N+](=O)[O-])cc2)o1)S(=O)(=O)c1ccc(F)cc1. The van der Waals surface area contributed by atoms with Gasteiger partial charge in [0.25, 0.3) is 5.69 Å². The van der Waals surface area contributed by atoms with Crippen LogP contribution in [0.15, 0.2) is 74.9 Å². The molecule has 0 aliphatic carbocycles. The monoisotopic (exact) mass is 398 g/mol. The first-order chi connectivity index (χ1) is 13.3. The Balaban J connectivity index is 1.93. The number of halogens is 1. The zero-order chi connectivity index (χ0) is 20.3. The summed E-state index contributed by atoms with van der Waals surface area (Å²) in [6.45, 7) is 0. The lowest BCUT2D eigenvalue weighted by Crippen LogP contribution is -2.03. The number of nitrogens with zero attached hydrogens (tertiary/aromatic N) is 2. The Hall–Kier alpha value is -3.77. The molecule has 7 nitrogen and oxygen atoms in total.